The average Bonchev–Trinajstić information content (AvgIpc) is 2.98. The molecule has 0 saturated carbocycles. The number of benzene rings is 1. The van der Waals surface area contributed by atoms with Gasteiger partial charge in [-0.15, -0.1) is 0 Å². The predicted octanol–water partition coefficient (Wildman–Crippen LogP) is 1.62. The average molecular weight is 319 g/mol. The van der Waals surface area contributed by atoms with Crippen LogP contribution in [0.25, 0.3) is 11.1 Å². The maximum atomic E-state index is 11.8. The van der Waals surface area contributed by atoms with Gasteiger partial charge in [0.05, 0.1) is 5.52 Å². The molecule has 0 radical (unpaired) electrons. The molecular weight excluding hydrogens is 302 g/mol. The number of ether oxygens (including phenoxy) is 2. The Hall–Kier alpha value is -2.57. The zero-order chi connectivity index (χ0) is 16.4. The van der Waals surface area contributed by atoms with E-state index in [2.05, 4.69) is 0 Å². The Bertz CT molecular complexity index is 789. The molecule has 0 spiro atoms. The quantitative estimate of drug-likeness (QED) is 0.778. The Balaban J connectivity index is 1.55. The molecule has 23 heavy (non-hydrogen) atoms. The fourth-order valence-corrected chi connectivity index (χ4v) is 2.64. The van der Waals surface area contributed by atoms with Crippen molar-refractivity contribution in [2.75, 3.05) is 0 Å². The van der Waals surface area contributed by atoms with E-state index in [0.717, 1.165) is 0 Å². The number of aromatic nitrogens is 1. The molecule has 0 bridgehead atoms. The summed E-state index contributed by atoms with van der Waals surface area (Å²) in [5.41, 5.74) is 1.21. The molecule has 2 unspecified atom stereocenters. The molecule has 1 aliphatic heterocycles. The van der Waals surface area contributed by atoms with E-state index in [9.17, 15) is 14.4 Å². The van der Waals surface area contributed by atoms with Gasteiger partial charge in [0.25, 0.3) is 0 Å². The highest BCUT2D eigenvalue weighted by atomic mass is 16.6. The van der Waals surface area contributed by atoms with E-state index >= 15 is 0 Å². The molecule has 7 heteroatoms. The van der Waals surface area contributed by atoms with Crippen molar-refractivity contribution in [3.8, 4) is 0 Å². The first-order valence-electron chi connectivity index (χ1n) is 7.53. The van der Waals surface area contributed by atoms with Crippen LogP contribution in [0.2, 0.25) is 0 Å². The zero-order valence-corrected chi connectivity index (χ0v) is 12.7. The first-order chi connectivity index (χ1) is 11.0. The highest BCUT2D eigenvalue weighted by Gasteiger charge is 2.34. The van der Waals surface area contributed by atoms with Crippen molar-refractivity contribution in [2.45, 2.75) is 44.9 Å². The van der Waals surface area contributed by atoms with E-state index in [1.54, 1.807) is 25.1 Å². The standard InChI is InChI=1S/C16H17NO6/c1-10-9-13(15(19)21-10)22-14(18)7-4-8-17-11-5-2-3-6-12(11)23-16(17)20/h2-3,5-6,10,13H,4,7-9H2,1H3. The molecule has 1 saturated heterocycles. The second kappa shape index (κ2) is 6.28. The second-order valence-corrected chi connectivity index (χ2v) is 5.55. The van der Waals surface area contributed by atoms with Gasteiger partial charge in [-0.05, 0) is 25.5 Å². The molecular formula is C16H17NO6. The number of rotatable bonds is 5. The van der Waals surface area contributed by atoms with Crippen LogP contribution >= 0.6 is 0 Å². The maximum Gasteiger partial charge on any atom is 0.419 e. The van der Waals surface area contributed by atoms with Crippen LogP contribution in [0.15, 0.2) is 33.5 Å². The number of cyclic esters (lactones) is 1. The minimum absolute atomic E-state index is 0.115. The lowest BCUT2D eigenvalue weighted by molar-refractivity contribution is -0.160. The van der Waals surface area contributed by atoms with E-state index in [0.29, 0.717) is 30.5 Å². The van der Waals surface area contributed by atoms with Gasteiger partial charge in [0.2, 0.25) is 6.10 Å². The molecule has 2 heterocycles. The first kappa shape index (κ1) is 15.3. The van der Waals surface area contributed by atoms with Crippen LogP contribution in [0.5, 0.6) is 0 Å². The number of hydrogen-bond acceptors (Lipinski definition) is 6. The predicted molar refractivity (Wildman–Crippen MR) is 79.8 cm³/mol. The lowest BCUT2D eigenvalue weighted by Gasteiger charge is -2.08. The summed E-state index contributed by atoms with van der Waals surface area (Å²) in [7, 11) is 0. The zero-order valence-electron chi connectivity index (χ0n) is 12.7. The number of oxazole rings is 1. The minimum Gasteiger partial charge on any atom is -0.460 e. The Morgan fingerprint density at radius 2 is 2.13 bits per heavy atom. The van der Waals surface area contributed by atoms with Crippen molar-refractivity contribution in [1.29, 1.82) is 0 Å². The number of esters is 2. The minimum atomic E-state index is -0.810. The fraction of sp³-hybridized carbons (Fsp3) is 0.438. The summed E-state index contributed by atoms with van der Waals surface area (Å²) in [5.74, 6) is -1.42. The van der Waals surface area contributed by atoms with Crippen molar-refractivity contribution < 1.29 is 23.5 Å². The number of para-hydroxylation sites is 2. The molecule has 7 nitrogen and oxygen atoms in total. The normalized spacial score (nSPS) is 20.7. The Kier molecular flexibility index (Phi) is 4.18. The molecule has 1 fully saturated rings. The number of nitrogens with zero attached hydrogens (tertiary/aromatic N) is 1. The van der Waals surface area contributed by atoms with Gasteiger partial charge >= 0.3 is 17.7 Å². The van der Waals surface area contributed by atoms with Gasteiger partial charge in [-0.3, -0.25) is 9.36 Å². The molecule has 0 N–H and O–H groups in total. The van der Waals surface area contributed by atoms with Gasteiger partial charge in [0, 0.05) is 19.4 Å². The van der Waals surface area contributed by atoms with Crippen LogP contribution in [0, 0.1) is 0 Å². The summed E-state index contributed by atoms with van der Waals surface area (Å²) in [6, 6.07) is 7.10. The third kappa shape index (κ3) is 3.28. The number of aryl methyl sites for hydroxylation is 1. The van der Waals surface area contributed by atoms with Gasteiger partial charge in [0.15, 0.2) is 5.58 Å². The molecule has 0 amide bonds. The van der Waals surface area contributed by atoms with Crippen LogP contribution in [0.3, 0.4) is 0 Å². The third-order valence-electron chi connectivity index (χ3n) is 3.74. The van der Waals surface area contributed by atoms with E-state index in [1.165, 1.54) is 4.57 Å². The van der Waals surface area contributed by atoms with E-state index in [1.807, 2.05) is 6.07 Å². The van der Waals surface area contributed by atoms with Crippen LogP contribution < -0.4 is 5.76 Å². The monoisotopic (exact) mass is 319 g/mol. The Morgan fingerprint density at radius 1 is 1.35 bits per heavy atom. The molecule has 2 atom stereocenters. The molecule has 3 rings (SSSR count). The first-order valence-corrected chi connectivity index (χ1v) is 7.53. The van der Waals surface area contributed by atoms with Gasteiger partial charge in [-0.25, -0.2) is 9.59 Å². The van der Waals surface area contributed by atoms with Gasteiger partial charge < -0.3 is 13.9 Å². The van der Waals surface area contributed by atoms with E-state index in [4.69, 9.17) is 13.9 Å². The highest BCUT2D eigenvalue weighted by molar-refractivity contribution is 5.81. The van der Waals surface area contributed by atoms with Gasteiger partial charge in [-0.1, -0.05) is 12.1 Å². The summed E-state index contributed by atoms with van der Waals surface area (Å²) in [4.78, 5) is 35.0. The largest absolute Gasteiger partial charge is 0.460 e. The van der Waals surface area contributed by atoms with Gasteiger partial charge in [0.1, 0.15) is 6.10 Å². The van der Waals surface area contributed by atoms with E-state index in [-0.39, 0.29) is 12.5 Å². The summed E-state index contributed by atoms with van der Waals surface area (Å²) >= 11 is 0. The summed E-state index contributed by atoms with van der Waals surface area (Å²) < 4.78 is 16.6. The lowest BCUT2D eigenvalue weighted by Crippen LogP contribution is -2.23. The van der Waals surface area contributed by atoms with Crippen LogP contribution in [0.1, 0.15) is 26.2 Å². The van der Waals surface area contributed by atoms with Crippen LogP contribution in [-0.4, -0.2) is 28.7 Å². The van der Waals surface area contributed by atoms with Crippen molar-refractivity contribution in [3.63, 3.8) is 0 Å². The Labute approximate surface area is 131 Å². The number of fused-ring (bicyclic) bond motifs is 1. The smallest absolute Gasteiger partial charge is 0.419 e. The molecule has 1 aliphatic rings. The third-order valence-corrected chi connectivity index (χ3v) is 3.74. The molecule has 1 aromatic carbocycles. The number of carbonyl (C=O) groups excluding carboxylic acids is 2. The van der Waals surface area contributed by atoms with Crippen LogP contribution in [-0.2, 0) is 25.6 Å². The van der Waals surface area contributed by atoms with Gasteiger partial charge in [-0.2, -0.15) is 0 Å². The van der Waals surface area contributed by atoms with E-state index < -0.39 is 23.8 Å². The van der Waals surface area contributed by atoms with Crippen molar-refractivity contribution in [1.82, 2.24) is 4.57 Å². The maximum absolute atomic E-state index is 11.8. The van der Waals surface area contributed by atoms with Crippen molar-refractivity contribution >= 4 is 23.0 Å². The summed E-state index contributed by atoms with van der Waals surface area (Å²) in [6.45, 7) is 2.10. The molecule has 1 aromatic heterocycles. The Morgan fingerprint density at radius 3 is 2.87 bits per heavy atom. The SMILES string of the molecule is CC1CC(OC(=O)CCCn2c(=O)oc3ccccc32)C(=O)O1. The number of hydrogen-bond donors (Lipinski definition) is 0. The van der Waals surface area contributed by atoms with Crippen LogP contribution in [0.4, 0.5) is 0 Å². The molecule has 122 valence electrons. The lowest BCUT2D eigenvalue weighted by atomic mass is 10.2. The highest BCUT2D eigenvalue weighted by Crippen LogP contribution is 2.18. The number of carbonyl (C=O) groups is 2. The van der Waals surface area contributed by atoms with Crippen molar-refractivity contribution in [3.05, 3.63) is 34.8 Å². The summed E-state index contributed by atoms with van der Waals surface area (Å²) in [6.07, 6.45) is -0.119. The topological polar surface area (TPSA) is 87.7 Å². The van der Waals surface area contributed by atoms with Crippen molar-refractivity contribution in [2.24, 2.45) is 0 Å². The fourth-order valence-electron chi connectivity index (χ4n) is 2.64. The second-order valence-electron chi connectivity index (χ2n) is 5.55. The molecule has 2 aromatic rings. The molecule has 0 aliphatic carbocycles. The summed E-state index contributed by atoms with van der Waals surface area (Å²) in [5, 5.41) is 0.